The number of carbonyl (C=O) groups is 1. The molecule has 1 aliphatic rings. The predicted molar refractivity (Wildman–Crippen MR) is 53.8 cm³/mol. The lowest BCUT2D eigenvalue weighted by Gasteiger charge is -2.24. The van der Waals surface area contributed by atoms with Gasteiger partial charge in [0.1, 0.15) is 5.71 Å². The Morgan fingerprint density at radius 2 is 1.92 bits per heavy atom. The molecular weight excluding hydrogens is 164 g/mol. The first-order valence-electron chi connectivity index (χ1n) is 5.07. The number of rotatable bonds is 3. The van der Waals surface area contributed by atoms with Crippen LogP contribution in [0.2, 0.25) is 0 Å². The SMILES string of the molecule is CC/C(=N\N1CCCCC1)C(C)=O. The molecule has 0 aromatic carbocycles. The van der Waals surface area contributed by atoms with Crippen molar-refractivity contribution in [2.24, 2.45) is 5.10 Å². The summed E-state index contributed by atoms with van der Waals surface area (Å²) in [5, 5.41) is 6.39. The summed E-state index contributed by atoms with van der Waals surface area (Å²) in [6.45, 7) is 5.59. The van der Waals surface area contributed by atoms with E-state index in [9.17, 15) is 4.79 Å². The summed E-state index contributed by atoms with van der Waals surface area (Å²) in [6, 6.07) is 0. The Labute approximate surface area is 79.8 Å². The highest BCUT2D eigenvalue weighted by Crippen LogP contribution is 2.09. The van der Waals surface area contributed by atoms with Gasteiger partial charge >= 0.3 is 0 Å². The van der Waals surface area contributed by atoms with Gasteiger partial charge in [0.25, 0.3) is 0 Å². The quantitative estimate of drug-likeness (QED) is 0.624. The van der Waals surface area contributed by atoms with Crippen molar-refractivity contribution >= 4 is 11.5 Å². The maximum atomic E-state index is 11.1. The van der Waals surface area contributed by atoms with Crippen molar-refractivity contribution in [2.45, 2.75) is 39.5 Å². The fourth-order valence-corrected chi connectivity index (χ4v) is 1.54. The third kappa shape index (κ3) is 3.17. The van der Waals surface area contributed by atoms with Crippen LogP contribution in [0.25, 0.3) is 0 Å². The first-order valence-corrected chi connectivity index (χ1v) is 5.07. The molecule has 1 aliphatic heterocycles. The van der Waals surface area contributed by atoms with Gasteiger partial charge in [0, 0.05) is 20.0 Å². The zero-order chi connectivity index (χ0) is 9.68. The van der Waals surface area contributed by atoms with Crippen molar-refractivity contribution in [3.63, 3.8) is 0 Å². The van der Waals surface area contributed by atoms with Crippen molar-refractivity contribution in [1.82, 2.24) is 5.01 Å². The fourth-order valence-electron chi connectivity index (χ4n) is 1.54. The van der Waals surface area contributed by atoms with Crippen molar-refractivity contribution in [2.75, 3.05) is 13.1 Å². The van der Waals surface area contributed by atoms with Gasteiger partial charge in [-0.2, -0.15) is 5.10 Å². The highest BCUT2D eigenvalue weighted by atomic mass is 16.1. The molecule has 0 spiro atoms. The van der Waals surface area contributed by atoms with Crippen LogP contribution in [0.15, 0.2) is 5.10 Å². The molecule has 13 heavy (non-hydrogen) atoms. The van der Waals surface area contributed by atoms with Crippen LogP contribution >= 0.6 is 0 Å². The number of Topliss-reactive ketones (excluding diaryl/α,β-unsaturated/α-hetero) is 1. The smallest absolute Gasteiger partial charge is 0.175 e. The topological polar surface area (TPSA) is 32.7 Å². The van der Waals surface area contributed by atoms with Crippen molar-refractivity contribution in [1.29, 1.82) is 0 Å². The molecule has 1 saturated heterocycles. The van der Waals surface area contributed by atoms with Gasteiger partial charge in [-0.25, -0.2) is 0 Å². The Morgan fingerprint density at radius 3 is 2.38 bits per heavy atom. The van der Waals surface area contributed by atoms with E-state index in [4.69, 9.17) is 0 Å². The van der Waals surface area contributed by atoms with E-state index in [1.165, 1.54) is 19.3 Å². The molecule has 0 atom stereocenters. The molecule has 3 nitrogen and oxygen atoms in total. The van der Waals surface area contributed by atoms with E-state index in [2.05, 4.69) is 5.10 Å². The molecule has 0 aromatic heterocycles. The summed E-state index contributed by atoms with van der Waals surface area (Å²) >= 11 is 0. The number of nitrogens with zero attached hydrogens (tertiary/aromatic N) is 2. The highest BCUT2D eigenvalue weighted by molar-refractivity contribution is 6.38. The number of hydrogen-bond donors (Lipinski definition) is 0. The standard InChI is InChI=1S/C10H18N2O/c1-3-10(9(2)13)11-12-7-5-4-6-8-12/h3-8H2,1-2H3/b11-10+. The predicted octanol–water partition coefficient (Wildman–Crippen LogP) is 1.83. The maximum absolute atomic E-state index is 11.1. The van der Waals surface area contributed by atoms with Crippen molar-refractivity contribution in [3.8, 4) is 0 Å². The molecule has 1 rings (SSSR count). The van der Waals surface area contributed by atoms with Crippen LogP contribution < -0.4 is 0 Å². The van der Waals surface area contributed by atoms with E-state index >= 15 is 0 Å². The molecule has 0 saturated carbocycles. The summed E-state index contributed by atoms with van der Waals surface area (Å²) in [5.74, 6) is 0.105. The molecular formula is C10H18N2O. The van der Waals surface area contributed by atoms with Gasteiger partial charge in [-0.15, -0.1) is 0 Å². The lowest BCUT2D eigenvalue weighted by Crippen LogP contribution is -2.27. The number of carbonyl (C=O) groups excluding carboxylic acids is 1. The van der Waals surface area contributed by atoms with Crippen LogP contribution in [0.5, 0.6) is 0 Å². The Balaban J connectivity index is 2.54. The molecule has 0 unspecified atom stereocenters. The van der Waals surface area contributed by atoms with Crippen molar-refractivity contribution in [3.05, 3.63) is 0 Å². The molecule has 3 heteroatoms. The molecule has 0 aliphatic carbocycles. The van der Waals surface area contributed by atoms with Crippen LogP contribution in [-0.4, -0.2) is 29.6 Å². The second-order valence-corrected chi connectivity index (χ2v) is 3.47. The lowest BCUT2D eigenvalue weighted by molar-refractivity contribution is -0.111. The van der Waals surface area contributed by atoms with E-state index in [-0.39, 0.29) is 5.78 Å². The Bertz CT molecular complexity index is 205. The van der Waals surface area contributed by atoms with Gasteiger partial charge in [0.15, 0.2) is 5.78 Å². The first kappa shape index (κ1) is 10.2. The molecule has 0 N–H and O–H groups in total. The minimum absolute atomic E-state index is 0.105. The fraction of sp³-hybridized carbons (Fsp3) is 0.800. The summed E-state index contributed by atoms with van der Waals surface area (Å²) in [5.41, 5.74) is 0.710. The lowest BCUT2D eigenvalue weighted by atomic mass is 10.2. The molecule has 0 radical (unpaired) electrons. The van der Waals surface area contributed by atoms with Crippen LogP contribution in [0.3, 0.4) is 0 Å². The van der Waals surface area contributed by atoms with Gasteiger partial charge in [-0.1, -0.05) is 6.92 Å². The number of hydrazone groups is 1. The second kappa shape index (κ2) is 5.00. The monoisotopic (exact) mass is 182 g/mol. The van der Waals surface area contributed by atoms with E-state index in [1.54, 1.807) is 6.92 Å². The molecule has 0 aromatic rings. The zero-order valence-corrected chi connectivity index (χ0v) is 8.55. The maximum Gasteiger partial charge on any atom is 0.175 e. The molecule has 0 bridgehead atoms. The van der Waals surface area contributed by atoms with Crippen molar-refractivity contribution < 1.29 is 4.79 Å². The Kier molecular flexibility index (Phi) is 3.93. The largest absolute Gasteiger partial charge is 0.297 e. The summed E-state index contributed by atoms with van der Waals surface area (Å²) in [4.78, 5) is 11.1. The summed E-state index contributed by atoms with van der Waals surface area (Å²) in [7, 11) is 0. The first-order chi connectivity index (χ1) is 6.24. The van der Waals surface area contributed by atoms with Crippen LogP contribution in [0, 0.1) is 0 Å². The molecule has 1 heterocycles. The number of ketones is 1. The van der Waals surface area contributed by atoms with Gasteiger partial charge in [-0.05, 0) is 25.7 Å². The van der Waals surface area contributed by atoms with E-state index in [0.29, 0.717) is 5.71 Å². The van der Waals surface area contributed by atoms with Gasteiger partial charge in [0.05, 0.1) is 0 Å². The zero-order valence-electron chi connectivity index (χ0n) is 8.55. The highest BCUT2D eigenvalue weighted by Gasteiger charge is 2.10. The third-order valence-corrected chi connectivity index (χ3v) is 2.34. The van der Waals surface area contributed by atoms with E-state index in [0.717, 1.165) is 19.5 Å². The molecule has 74 valence electrons. The minimum Gasteiger partial charge on any atom is -0.297 e. The van der Waals surface area contributed by atoms with E-state index in [1.807, 2.05) is 11.9 Å². The number of hydrogen-bond acceptors (Lipinski definition) is 3. The van der Waals surface area contributed by atoms with Crippen LogP contribution in [0.4, 0.5) is 0 Å². The average molecular weight is 182 g/mol. The average Bonchev–Trinajstić information content (AvgIpc) is 2.15. The van der Waals surface area contributed by atoms with E-state index < -0.39 is 0 Å². The summed E-state index contributed by atoms with van der Waals surface area (Å²) in [6.07, 6.45) is 4.45. The Morgan fingerprint density at radius 1 is 1.31 bits per heavy atom. The van der Waals surface area contributed by atoms with Crippen LogP contribution in [0.1, 0.15) is 39.5 Å². The minimum atomic E-state index is 0.105. The third-order valence-electron chi connectivity index (χ3n) is 2.34. The van der Waals surface area contributed by atoms with Gasteiger partial charge in [-0.3, -0.25) is 9.80 Å². The Hall–Kier alpha value is -0.860. The second-order valence-electron chi connectivity index (χ2n) is 3.47. The molecule has 1 fully saturated rings. The van der Waals surface area contributed by atoms with Gasteiger partial charge < -0.3 is 0 Å². The number of piperidine rings is 1. The summed E-state index contributed by atoms with van der Waals surface area (Å²) < 4.78 is 0. The van der Waals surface area contributed by atoms with Crippen LogP contribution in [-0.2, 0) is 4.79 Å². The molecule has 0 amide bonds. The van der Waals surface area contributed by atoms with Gasteiger partial charge in [0.2, 0.25) is 0 Å². The normalized spacial score (nSPS) is 18.9.